The molecule has 0 radical (unpaired) electrons. The van der Waals surface area contributed by atoms with E-state index in [0.717, 1.165) is 13.1 Å². The number of fused-ring (bicyclic) bond motifs is 1. The standard InChI is InChI=1S/C12H19NO2S/c14-5-7-15-6-4-13-9-11-8-10-2-1-3-12(10)16-11/h8,13-14H,1-7,9H2. The lowest BCUT2D eigenvalue weighted by Gasteiger charge is -2.03. The van der Waals surface area contributed by atoms with Crippen LogP contribution in [-0.2, 0) is 24.1 Å². The molecule has 1 aliphatic rings. The molecule has 1 aromatic heterocycles. The Hall–Kier alpha value is -0.420. The molecule has 1 heterocycles. The summed E-state index contributed by atoms with van der Waals surface area (Å²) < 4.78 is 5.17. The van der Waals surface area contributed by atoms with Crippen molar-refractivity contribution in [2.24, 2.45) is 0 Å². The Bertz CT molecular complexity index is 303. The molecule has 0 saturated carbocycles. The van der Waals surface area contributed by atoms with Crippen molar-refractivity contribution in [2.45, 2.75) is 25.8 Å². The molecule has 1 aromatic rings. The molecule has 0 spiro atoms. The van der Waals surface area contributed by atoms with E-state index in [2.05, 4.69) is 11.4 Å². The second kappa shape index (κ2) is 6.35. The van der Waals surface area contributed by atoms with Crippen molar-refractivity contribution in [3.63, 3.8) is 0 Å². The molecule has 0 saturated heterocycles. The van der Waals surface area contributed by atoms with Gasteiger partial charge in [0.15, 0.2) is 0 Å². The molecule has 90 valence electrons. The zero-order chi connectivity index (χ0) is 11.2. The fraction of sp³-hybridized carbons (Fsp3) is 0.667. The van der Waals surface area contributed by atoms with Crippen LogP contribution in [-0.4, -0.2) is 31.5 Å². The third-order valence-corrected chi connectivity index (χ3v) is 3.99. The van der Waals surface area contributed by atoms with Crippen LogP contribution in [0.25, 0.3) is 0 Å². The molecule has 0 aromatic carbocycles. The van der Waals surface area contributed by atoms with E-state index in [1.165, 1.54) is 24.1 Å². The number of hydrogen-bond acceptors (Lipinski definition) is 4. The Morgan fingerprint density at radius 1 is 1.38 bits per heavy atom. The highest BCUT2D eigenvalue weighted by atomic mass is 32.1. The van der Waals surface area contributed by atoms with Crippen molar-refractivity contribution in [3.05, 3.63) is 21.4 Å². The number of thiophene rings is 1. The number of aryl methyl sites for hydroxylation is 2. The number of hydrogen-bond donors (Lipinski definition) is 2. The molecule has 1 aliphatic carbocycles. The molecule has 0 atom stereocenters. The maximum absolute atomic E-state index is 8.52. The summed E-state index contributed by atoms with van der Waals surface area (Å²) in [5.74, 6) is 0. The van der Waals surface area contributed by atoms with Crippen LogP contribution >= 0.6 is 11.3 Å². The maximum atomic E-state index is 8.52. The molecule has 2 N–H and O–H groups in total. The van der Waals surface area contributed by atoms with Gasteiger partial charge in [0, 0.05) is 22.8 Å². The lowest BCUT2D eigenvalue weighted by atomic mass is 10.2. The zero-order valence-electron chi connectivity index (χ0n) is 9.50. The van der Waals surface area contributed by atoms with E-state index in [9.17, 15) is 0 Å². The molecular formula is C12H19NO2S. The van der Waals surface area contributed by atoms with E-state index < -0.39 is 0 Å². The van der Waals surface area contributed by atoms with Gasteiger partial charge in [0.25, 0.3) is 0 Å². The van der Waals surface area contributed by atoms with Gasteiger partial charge in [-0.1, -0.05) is 0 Å². The third-order valence-electron chi connectivity index (χ3n) is 2.76. The molecule has 0 aliphatic heterocycles. The minimum absolute atomic E-state index is 0.109. The van der Waals surface area contributed by atoms with E-state index in [1.54, 1.807) is 10.4 Å². The Kier molecular flexibility index (Phi) is 4.78. The molecule has 0 unspecified atom stereocenters. The Balaban J connectivity index is 1.62. The van der Waals surface area contributed by atoms with Crippen molar-refractivity contribution in [3.8, 4) is 0 Å². The molecule has 0 bridgehead atoms. The highest BCUT2D eigenvalue weighted by Crippen LogP contribution is 2.30. The number of ether oxygens (including phenoxy) is 1. The van der Waals surface area contributed by atoms with Gasteiger partial charge >= 0.3 is 0 Å². The van der Waals surface area contributed by atoms with Crippen LogP contribution in [0, 0.1) is 0 Å². The van der Waals surface area contributed by atoms with Crippen molar-refractivity contribution >= 4 is 11.3 Å². The van der Waals surface area contributed by atoms with Gasteiger partial charge in [-0.05, 0) is 30.9 Å². The highest BCUT2D eigenvalue weighted by molar-refractivity contribution is 7.12. The second-order valence-corrected chi connectivity index (χ2v) is 5.25. The number of aliphatic hydroxyl groups excluding tert-OH is 1. The summed E-state index contributed by atoms with van der Waals surface area (Å²) in [6, 6.07) is 2.34. The minimum Gasteiger partial charge on any atom is -0.394 e. The fourth-order valence-corrected chi connectivity index (χ4v) is 3.23. The van der Waals surface area contributed by atoms with E-state index in [1.807, 2.05) is 11.3 Å². The van der Waals surface area contributed by atoms with Crippen molar-refractivity contribution in [2.75, 3.05) is 26.4 Å². The Morgan fingerprint density at radius 3 is 3.12 bits per heavy atom. The molecule has 16 heavy (non-hydrogen) atoms. The van der Waals surface area contributed by atoms with Crippen LogP contribution in [0.5, 0.6) is 0 Å². The molecule has 0 amide bonds. The van der Waals surface area contributed by atoms with Crippen LogP contribution in [0.2, 0.25) is 0 Å². The lowest BCUT2D eigenvalue weighted by molar-refractivity contribution is 0.0938. The average Bonchev–Trinajstić information content (AvgIpc) is 2.83. The summed E-state index contributed by atoms with van der Waals surface area (Å²) in [5, 5.41) is 11.9. The quantitative estimate of drug-likeness (QED) is 0.708. The normalized spacial score (nSPS) is 14.3. The van der Waals surface area contributed by atoms with Gasteiger partial charge in [-0.15, -0.1) is 11.3 Å². The van der Waals surface area contributed by atoms with Gasteiger partial charge in [-0.25, -0.2) is 0 Å². The smallest absolute Gasteiger partial charge is 0.0698 e. The Morgan fingerprint density at radius 2 is 2.31 bits per heavy atom. The first-order valence-corrected chi connectivity index (χ1v) is 6.71. The monoisotopic (exact) mass is 241 g/mol. The number of nitrogens with one attached hydrogen (secondary N) is 1. The number of aliphatic hydroxyl groups is 1. The number of rotatable bonds is 7. The Labute approximate surface area is 100 Å². The highest BCUT2D eigenvalue weighted by Gasteiger charge is 2.14. The van der Waals surface area contributed by atoms with Crippen molar-refractivity contribution in [1.82, 2.24) is 5.32 Å². The van der Waals surface area contributed by atoms with E-state index in [4.69, 9.17) is 9.84 Å². The van der Waals surface area contributed by atoms with E-state index in [-0.39, 0.29) is 6.61 Å². The van der Waals surface area contributed by atoms with Gasteiger partial charge in [0.2, 0.25) is 0 Å². The maximum Gasteiger partial charge on any atom is 0.0698 e. The fourth-order valence-electron chi connectivity index (χ4n) is 2.00. The van der Waals surface area contributed by atoms with Gasteiger partial charge in [-0.2, -0.15) is 0 Å². The molecule has 3 nitrogen and oxygen atoms in total. The first-order valence-electron chi connectivity index (χ1n) is 5.90. The van der Waals surface area contributed by atoms with Crippen molar-refractivity contribution in [1.29, 1.82) is 0 Å². The van der Waals surface area contributed by atoms with Crippen LogP contribution in [0.1, 0.15) is 21.7 Å². The van der Waals surface area contributed by atoms with Gasteiger partial charge in [0.1, 0.15) is 0 Å². The van der Waals surface area contributed by atoms with Crippen molar-refractivity contribution < 1.29 is 9.84 Å². The first kappa shape index (κ1) is 12.0. The first-order chi connectivity index (χ1) is 7.90. The SMILES string of the molecule is OCCOCCNCc1cc2c(s1)CCC2. The van der Waals surface area contributed by atoms with E-state index >= 15 is 0 Å². The summed E-state index contributed by atoms with van der Waals surface area (Å²) in [5.41, 5.74) is 1.57. The van der Waals surface area contributed by atoms with Crippen LogP contribution in [0.3, 0.4) is 0 Å². The molecule has 2 rings (SSSR count). The van der Waals surface area contributed by atoms with Gasteiger partial charge < -0.3 is 15.2 Å². The molecular weight excluding hydrogens is 222 g/mol. The van der Waals surface area contributed by atoms with Crippen LogP contribution < -0.4 is 5.32 Å². The predicted octanol–water partition coefficient (Wildman–Crippen LogP) is 1.34. The topological polar surface area (TPSA) is 41.5 Å². The van der Waals surface area contributed by atoms with Gasteiger partial charge in [0.05, 0.1) is 19.8 Å². The molecule has 4 heteroatoms. The van der Waals surface area contributed by atoms with Gasteiger partial charge in [-0.3, -0.25) is 0 Å². The summed E-state index contributed by atoms with van der Waals surface area (Å²) in [4.78, 5) is 3.03. The summed E-state index contributed by atoms with van der Waals surface area (Å²) in [6.07, 6.45) is 3.88. The summed E-state index contributed by atoms with van der Waals surface area (Å²) >= 11 is 1.95. The second-order valence-electron chi connectivity index (χ2n) is 4.03. The third kappa shape index (κ3) is 3.28. The molecule has 0 fully saturated rings. The average molecular weight is 241 g/mol. The van der Waals surface area contributed by atoms with Crippen LogP contribution in [0.4, 0.5) is 0 Å². The summed E-state index contributed by atoms with van der Waals surface area (Å²) in [7, 11) is 0. The van der Waals surface area contributed by atoms with Crippen LogP contribution in [0.15, 0.2) is 6.07 Å². The largest absolute Gasteiger partial charge is 0.394 e. The summed E-state index contributed by atoms with van der Waals surface area (Å²) in [6.45, 7) is 3.01. The lowest BCUT2D eigenvalue weighted by Crippen LogP contribution is -2.19. The van der Waals surface area contributed by atoms with E-state index in [0.29, 0.717) is 13.2 Å². The zero-order valence-corrected chi connectivity index (χ0v) is 10.3. The predicted molar refractivity (Wildman–Crippen MR) is 66.0 cm³/mol. The minimum atomic E-state index is 0.109.